The van der Waals surface area contributed by atoms with Crippen molar-refractivity contribution in [3.63, 3.8) is 0 Å². The Bertz CT molecular complexity index is 1470. The second kappa shape index (κ2) is 8.52. The molecule has 1 aliphatic rings. The molecule has 1 amide bonds. The van der Waals surface area contributed by atoms with E-state index < -0.39 is 17.7 Å². The van der Waals surface area contributed by atoms with Crippen LogP contribution < -0.4 is 9.64 Å². The van der Waals surface area contributed by atoms with Crippen molar-refractivity contribution in [1.82, 2.24) is 0 Å². The molecule has 1 N–H and O–H groups in total. The summed E-state index contributed by atoms with van der Waals surface area (Å²) in [5.74, 6) is -1.11. The molecular formula is C29H23NO4. The summed E-state index contributed by atoms with van der Waals surface area (Å²) in [6, 6.07) is 27.0. The van der Waals surface area contributed by atoms with Crippen LogP contribution in [0.4, 0.5) is 5.69 Å². The lowest BCUT2D eigenvalue weighted by atomic mass is 9.93. The van der Waals surface area contributed by atoms with Gasteiger partial charge in [-0.2, -0.15) is 0 Å². The molecule has 0 bridgehead atoms. The van der Waals surface area contributed by atoms with Gasteiger partial charge in [0.25, 0.3) is 11.7 Å². The molecule has 0 radical (unpaired) electrons. The number of hydrogen-bond donors (Lipinski definition) is 1. The number of aliphatic hydroxyl groups is 1. The first-order valence-corrected chi connectivity index (χ1v) is 11.0. The van der Waals surface area contributed by atoms with Crippen molar-refractivity contribution in [3.8, 4) is 5.75 Å². The van der Waals surface area contributed by atoms with E-state index in [0.717, 1.165) is 16.3 Å². The molecule has 1 atom stereocenters. The van der Waals surface area contributed by atoms with E-state index in [4.69, 9.17) is 4.74 Å². The number of para-hydroxylation sites is 2. The second-order valence-electron chi connectivity index (χ2n) is 8.26. The van der Waals surface area contributed by atoms with Crippen molar-refractivity contribution >= 4 is 33.9 Å². The minimum Gasteiger partial charge on any atom is -0.507 e. The summed E-state index contributed by atoms with van der Waals surface area (Å²) in [5, 5.41) is 13.4. The van der Waals surface area contributed by atoms with Gasteiger partial charge in [0, 0.05) is 16.8 Å². The highest BCUT2D eigenvalue weighted by Crippen LogP contribution is 2.45. The Morgan fingerprint density at radius 2 is 1.53 bits per heavy atom. The standard InChI is InChI=1S/C29H23NO4/c1-18-9-3-7-13-23(18)30-26(22-12-6-8-14-24(22)34-2)25(28(32)29(30)33)27(31)21-16-15-19-10-4-5-11-20(19)17-21/h3-17,26,31H,1-2H3/b27-25+. The van der Waals surface area contributed by atoms with Gasteiger partial charge in [0.1, 0.15) is 11.5 Å². The van der Waals surface area contributed by atoms with E-state index >= 15 is 0 Å². The molecule has 168 valence electrons. The lowest BCUT2D eigenvalue weighted by molar-refractivity contribution is -0.132. The van der Waals surface area contributed by atoms with Gasteiger partial charge in [-0.1, -0.05) is 72.8 Å². The molecule has 1 heterocycles. The topological polar surface area (TPSA) is 66.8 Å². The number of ether oxygens (including phenoxy) is 1. The third-order valence-corrected chi connectivity index (χ3v) is 6.28. The minimum atomic E-state index is -0.844. The molecule has 1 saturated heterocycles. The molecule has 1 fully saturated rings. The first-order chi connectivity index (χ1) is 16.5. The first kappa shape index (κ1) is 21.5. The molecule has 0 saturated carbocycles. The smallest absolute Gasteiger partial charge is 0.300 e. The summed E-state index contributed by atoms with van der Waals surface area (Å²) in [5.41, 5.74) is 2.58. The molecule has 5 rings (SSSR count). The van der Waals surface area contributed by atoms with Crippen LogP contribution in [0.3, 0.4) is 0 Å². The molecule has 1 unspecified atom stereocenters. The maximum Gasteiger partial charge on any atom is 0.300 e. The predicted octanol–water partition coefficient (Wildman–Crippen LogP) is 5.78. The Morgan fingerprint density at radius 3 is 2.29 bits per heavy atom. The number of aryl methyl sites for hydroxylation is 1. The zero-order chi connectivity index (χ0) is 23.8. The number of anilines is 1. The van der Waals surface area contributed by atoms with Gasteiger partial charge in [0.15, 0.2) is 0 Å². The number of amides is 1. The summed E-state index contributed by atoms with van der Waals surface area (Å²) < 4.78 is 5.58. The molecule has 34 heavy (non-hydrogen) atoms. The fraction of sp³-hybridized carbons (Fsp3) is 0.103. The van der Waals surface area contributed by atoms with E-state index in [1.165, 1.54) is 4.90 Å². The highest BCUT2D eigenvalue weighted by atomic mass is 16.5. The van der Waals surface area contributed by atoms with Gasteiger partial charge in [0.2, 0.25) is 0 Å². The van der Waals surface area contributed by atoms with Crippen molar-refractivity contribution in [1.29, 1.82) is 0 Å². The summed E-state index contributed by atoms with van der Waals surface area (Å²) in [7, 11) is 1.54. The first-order valence-electron chi connectivity index (χ1n) is 11.0. The van der Waals surface area contributed by atoms with Crippen LogP contribution in [0.5, 0.6) is 5.75 Å². The van der Waals surface area contributed by atoms with Crippen LogP contribution in [0, 0.1) is 6.92 Å². The zero-order valence-electron chi connectivity index (χ0n) is 18.9. The summed E-state index contributed by atoms with van der Waals surface area (Å²) >= 11 is 0. The van der Waals surface area contributed by atoms with Crippen molar-refractivity contribution in [2.24, 2.45) is 0 Å². The van der Waals surface area contributed by atoms with E-state index in [1.54, 1.807) is 25.3 Å². The number of rotatable bonds is 4. The molecule has 0 aliphatic carbocycles. The fourth-order valence-electron chi connectivity index (χ4n) is 4.59. The Balaban J connectivity index is 1.78. The largest absolute Gasteiger partial charge is 0.507 e. The van der Waals surface area contributed by atoms with Crippen LogP contribution in [0.25, 0.3) is 16.5 Å². The van der Waals surface area contributed by atoms with Crippen molar-refractivity contribution < 1.29 is 19.4 Å². The number of aliphatic hydroxyl groups excluding tert-OH is 1. The van der Waals surface area contributed by atoms with Gasteiger partial charge >= 0.3 is 0 Å². The Hall–Kier alpha value is -4.38. The normalized spacial score (nSPS) is 17.4. The van der Waals surface area contributed by atoms with Crippen molar-refractivity contribution in [3.05, 3.63) is 113 Å². The number of benzene rings is 4. The Labute approximate surface area is 197 Å². The highest BCUT2D eigenvalue weighted by molar-refractivity contribution is 6.51. The van der Waals surface area contributed by atoms with Crippen molar-refractivity contribution in [2.45, 2.75) is 13.0 Å². The van der Waals surface area contributed by atoms with Gasteiger partial charge in [-0.05, 0) is 41.5 Å². The van der Waals surface area contributed by atoms with Gasteiger partial charge < -0.3 is 9.84 Å². The number of nitrogens with zero attached hydrogens (tertiary/aromatic N) is 1. The molecule has 5 nitrogen and oxygen atoms in total. The van der Waals surface area contributed by atoms with E-state index in [0.29, 0.717) is 22.6 Å². The van der Waals surface area contributed by atoms with Crippen LogP contribution >= 0.6 is 0 Å². The van der Waals surface area contributed by atoms with Crippen LogP contribution in [0.15, 0.2) is 96.6 Å². The van der Waals surface area contributed by atoms with Gasteiger partial charge in [0.05, 0.1) is 18.7 Å². The van der Waals surface area contributed by atoms with E-state index in [1.807, 2.05) is 79.7 Å². The number of methoxy groups -OCH3 is 1. The molecule has 0 spiro atoms. The average molecular weight is 450 g/mol. The lowest BCUT2D eigenvalue weighted by Crippen LogP contribution is -2.30. The molecule has 4 aromatic carbocycles. The number of ketones is 1. The van der Waals surface area contributed by atoms with Crippen LogP contribution in [-0.4, -0.2) is 23.9 Å². The van der Waals surface area contributed by atoms with Crippen LogP contribution in [-0.2, 0) is 9.59 Å². The lowest BCUT2D eigenvalue weighted by Gasteiger charge is -2.27. The van der Waals surface area contributed by atoms with Crippen LogP contribution in [0.2, 0.25) is 0 Å². The summed E-state index contributed by atoms with van der Waals surface area (Å²) in [6.45, 7) is 1.89. The second-order valence-corrected chi connectivity index (χ2v) is 8.26. The van der Waals surface area contributed by atoms with Crippen LogP contribution in [0.1, 0.15) is 22.7 Å². The summed E-state index contributed by atoms with van der Waals surface area (Å²) in [4.78, 5) is 28.3. The van der Waals surface area contributed by atoms with E-state index in [-0.39, 0.29) is 11.3 Å². The van der Waals surface area contributed by atoms with E-state index in [9.17, 15) is 14.7 Å². The molecule has 0 aromatic heterocycles. The SMILES string of the molecule is COc1ccccc1C1/C(=C(\O)c2ccc3ccccc3c2)C(=O)C(=O)N1c1ccccc1C. The third kappa shape index (κ3) is 3.42. The average Bonchev–Trinajstić information content (AvgIpc) is 3.13. The van der Waals surface area contributed by atoms with Gasteiger partial charge in [-0.3, -0.25) is 14.5 Å². The Kier molecular flexibility index (Phi) is 5.38. The highest BCUT2D eigenvalue weighted by Gasteiger charge is 2.48. The molecular weight excluding hydrogens is 426 g/mol. The van der Waals surface area contributed by atoms with Gasteiger partial charge in [-0.25, -0.2) is 0 Å². The summed E-state index contributed by atoms with van der Waals surface area (Å²) in [6.07, 6.45) is 0. The van der Waals surface area contributed by atoms with E-state index in [2.05, 4.69) is 0 Å². The maximum atomic E-state index is 13.4. The fourth-order valence-corrected chi connectivity index (χ4v) is 4.59. The molecule has 5 heteroatoms. The number of carbonyl (C=O) groups excluding carboxylic acids is 2. The third-order valence-electron chi connectivity index (χ3n) is 6.28. The minimum absolute atomic E-state index is 0.0352. The number of fused-ring (bicyclic) bond motifs is 1. The van der Waals surface area contributed by atoms with Crippen molar-refractivity contribution in [2.75, 3.05) is 12.0 Å². The number of hydrogen-bond acceptors (Lipinski definition) is 4. The number of Topliss-reactive ketones (excluding diaryl/α,β-unsaturated/α-hetero) is 1. The monoisotopic (exact) mass is 449 g/mol. The predicted molar refractivity (Wildman–Crippen MR) is 133 cm³/mol. The van der Waals surface area contributed by atoms with Gasteiger partial charge in [-0.15, -0.1) is 0 Å². The zero-order valence-corrected chi connectivity index (χ0v) is 18.9. The quantitative estimate of drug-likeness (QED) is 0.244. The Morgan fingerprint density at radius 1 is 0.853 bits per heavy atom. The molecule has 1 aliphatic heterocycles. The molecule has 4 aromatic rings. The maximum absolute atomic E-state index is 13.4. The number of carbonyl (C=O) groups is 2.